The fraction of sp³-hybridized carbons (Fsp3) is 0.611. The van der Waals surface area contributed by atoms with E-state index in [-0.39, 0.29) is 45.1 Å². The summed E-state index contributed by atoms with van der Waals surface area (Å²) in [6.45, 7) is 4.52. The number of aliphatic hydroxyl groups excluding tert-OH is 1. The van der Waals surface area contributed by atoms with Gasteiger partial charge in [0, 0.05) is 56.9 Å². The van der Waals surface area contributed by atoms with Crippen molar-refractivity contribution in [1.82, 2.24) is 73.7 Å². The van der Waals surface area contributed by atoms with E-state index in [4.69, 9.17) is 26.7 Å². The van der Waals surface area contributed by atoms with Gasteiger partial charge in [-0.3, -0.25) is 86.3 Å². The van der Waals surface area contributed by atoms with Crippen LogP contribution in [-0.4, -0.2) is 272 Å². The van der Waals surface area contributed by atoms with Gasteiger partial charge in [0.05, 0.1) is 25.9 Å². The third-order valence-corrected chi connectivity index (χ3v) is 18.6. The van der Waals surface area contributed by atoms with E-state index in [1.807, 2.05) is 10.6 Å². The number of amides is 15. The van der Waals surface area contributed by atoms with E-state index in [1.165, 1.54) is 13.8 Å². The number of nitrogens with two attached hydrogens (primary N) is 3. The monoisotopic (exact) mass is 1640 g/mol. The van der Waals surface area contributed by atoms with Crippen LogP contribution in [0.5, 0.6) is 0 Å². The highest BCUT2D eigenvalue weighted by Crippen LogP contribution is 2.21. The fourth-order valence-electron chi connectivity index (χ4n) is 11.9. The molecule has 644 valence electrons. The number of carbonyl (C=O) groups excluding carboxylic acids is 16. The summed E-state index contributed by atoms with van der Waals surface area (Å²) in [7, 11) is 1.70. The van der Waals surface area contributed by atoms with Crippen molar-refractivity contribution < 1.29 is 131 Å². The van der Waals surface area contributed by atoms with E-state index in [0.29, 0.717) is 34.2 Å². The number of nitrogens with zero attached hydrogens (tertiary/aromatic N) is 1. The maximum Gasteiger partial charge on any atom is 0.335 e. The lowest BCUT2D eigenvalue weighted by Crippen LogP contribution is -2.64. The first-order valence-corrected chi connectivity index (χ1v) is 37.6. The lowest BCUT2D eigenvalue weighted by molar-refractivity contribution is -0.159. The highest BCUT2D eigenvalue weighted by Gasteiger charge is 2.44. The predicted molar refractivity (Wildman–Crippen MR) is 404 cm³/mol. The summed E-state index contributed by atoms with van der Waals surface area (Å²) in [6.07, 6.45) is -5.79. The minimum atomic E-state index is -2.80. The quantitative estimate of drug-likeness (QED) is 0.0220. The van der Waals surface area contributed by atoms with Crippen LogP contribution in [0.2, 0.25) is 0 Å². The van der Waals surface area contributed by atoms with Crippen molar-refractivity contribution in [2.24, 2.45) is 23.1 Å². The van der Waals surface area contributed by atoms with Gasteiger partial charge in [0.15, 0.2) is 12.2 Å². The van der Waals surface area contributed by atoms with E-state index >= 15 is 0 Å². The Hall–Kier alpha value is -12.0. The minimum absolute atomic E-state index is 0.00568. The molecular weight excluding hydrogens is 1530 g/mol. The number of carbonyl (C=O) groups is 20. The number of ether oxygens (including phenoxy) is 2. The number of aliphatic carboxylic acids is 4. The second-order valence-electron chi connectivity index (χ2n) is 27.9. The Labute approximate surface area is 665 Å². The summed E-state index contributed by atoms with van der Waals surface area (Å²) >= 11 is 0. The smallest absolute Gasteiger partial charge is 0.335 e. The molecule has 1 aromatic carbocycles. The first-order chi connectivity index (χ1) is 54.7. The maximum absolute atomic E-state index is 15.0. The summed E-state index contributed by atoms with van der Waals surface area (Å²) < 4.78 is 10.7. The summed E-state index contributed by atoms with van der Waals surface area (Å²) in [4.78, 5) is 277. The molecule has 0 saturated carbocycles. The molecule has 0 radical (unpaired) electrons. The molecule has 1 saturated heterocycles. The maximum atomic E-state index is 15.0. The number of aromatic amines is 1. The van der Waals surface area contributed by atoms with Crippen LogP contribution in [0.15, 0.2) is 30.5 Å². The zero-order chi connectivity index (χ0) is 87.2. The van der Waals surface area contributed by atoms with Crippen molar-refractivity contribution in [3.8, 4) is 0 Å². The number of primary amides is 2. The highest BCUT2D eigenvalue weighted by atomic mass is 16.5. The third-order valence-electron chi connectivity index (χ3n) is 18.6. The van der Waals surface area contributed by atoms with Gasteiger partial charge in [-0.15, -0.1) is 0 Å². The number of unbranched alkanes of at least 4 members (excludes halogenated alkanes) is 7. The molecule has 15 atom stereocenters. The number of carboxylic acids is 4. The Kier molecular flexibility index (Phi) is 42.0. The standard InChI is InChI=1S/C72H109N17O27/c1-8-10-11-12-13-14-15-23-48(91)79-44(29-38-32-76-40-21-17-16-20-39(38)40)65(106)82-43(25-27-52(96)97)64(105)87-56(58(100)60(75)101)69(110)86-55-37(5)116-72(114)54(35(3)9-2)85-63(104)42(24-26-51(94)95)83-66(107)45(30-47(74)90)80-49(92)33-77-68(109)57(59(115-7)71(112)113)88-62(103)41(22-18-19-28-73)81-67(108)46(31-53(98)99)84-61(102)36(4)78-50(93)34-89(6)70(55)111/h16-17,20-21,32,35-37,41-46,54-59,76,100H,8-15,18-19,22-31,33-34,73H2,1-7H3,(H2,74,90)(H2,75,101)(H,77,109)(H,78,93)(H,79,91)(H,80,92)(H,81,108)(H,82,106)(H,83,107)(H,84,102)(H,85,104)(H,86,110)(H,87,105)(H,88,103)(H,94,95)(H,96,97)(H,98,99)(H,112,113)/t35-,36-,37+,41+,42-,43+,44-,45+,46-,54-,55-,56-,57-,58+,59+/m0/s1. The minimum Gasteiger partial charge on any atom is -0.481 e. The molecule has 1 aromatic heterocycles. The van der Waals surface area contributed by atoms with Gasteiger partial charge in [0.1, 0.15) is 72.6 Å². The van der Waals surface area contributed by atoms with Crippen LogP contribution >= 0.6 is 0 Å². The van der Waals surface area contributed by atoms with E-state index in [2.05, 4.69) is 65.1 Å². The molecule has 15 amide bonds. The largest absolute Gasteiger partial charge is 0.481 e. The molecule has 0 bridgehead atoms. The molecule has 116 heavy (non-hydrogen) atoms. The lowest BCUT2D eigenvalue weighted by Gasteiger charge is -2.32. The van der Waals surface area contributed by atoms with Crippen molar-refractivity contribution in [3.63, 3.8) is 0 Å². The lowest BCUT2D eigenvalue weighted by atomic mass is 9.98. The Morgan fingerprint density at radius 1 is 0.621 bits per heavy atom. The van der Waals surface area contributed by atoms with Crippen LogP contribution in [0.4, 0.5) is 0 Å². The Morgan fingerprint density at radius 3 is 1.78 bits per heavy atom. The Balaban J connectivity index is 2.28. The van der Waals surface area contributed by atoms with Crippen molar-refractivity contribution in [2.75, 3.05) is 33.8 Å². The number of H-pyrrole nitrogens is 1. The van der Waals surface area contributed by atoms with Crippen molar-refractivity contribution >= 4 is 129 Å². The normalized spacial score (nSPS) is 21.8. The summed E-state index contributed by atoms with van der Waals surface area (Å²) in [5, 5.41) is 78.0. The number of hydrogen-bond donors (Lipinski definition) is 21. The molecule has 1 aliphatic heterocycles. The van der Waals surface area contributed by atoms with E-state index in [9.17, 15) is 121 Å². The number of esters is 1. The van der Waals surface area contributed by atoms with Gasteiger partial charge >= 0.3 is 29.8 Å². The van der Waals surface area contributed by atoms with Crippen LogP contribution in [0.1, 0.15) is 156 Å². The van der Waals surface area contributed by atoms with Crippen molar-refractivity contribution in [1.29, 1.82) is 0 Å². The molecule has 3 rings (SSSR count). The molecule has 1 fully saturated rings. The number of carboxylic acid groups (broad SMARTS) is 4. The molecule has 0 unspecified atom stereocenters. The summed E-state index contributed by atoms with van der Waals surface area (Å²) in [6, 6.07) is -15.7. The van der Waals surface area contributed by atoms with Crippen LogP contribution in [0.25, 0.3) is 10.9 Å². The zero-order valence-corrected chi connectivity index (χ0v) is 65.5. The van der Waals surface area contributed by atoms with Gasteiger partial charge in [0.2, 0.25) is 88.6 Å². The zero-order valence-electron chi connectivity index (χ0n) is 65.5. The Morgan fingerprint density at radius 2 is 1.20 bits per heavy atom. The molecule has 2 aromatic rings. The average Bonchev–Trinajstić information content (AvgIpc) is 1.50. The van der Waals surface area contributed by atoms with Crippen LogP contribution in [0.3, 0.4) is 0 Å². The number of aliphatic hydroxyl groups is 1. The number of cyclic esters (lactones) is 1. The number of rotatable bonds is 38. The number of aromatic nitrogens is 1. The number of fused-ring (bicyclic) bond motifs is 1. The van der Waals surface area contributed by atoms with Gasteiger partial charge in [-0.25, -0.2) is 9.59 Å². The number of para-hydroxylation sites is 1. The molecule has 44 heteroatoms. The molecule has 2 heterocycles. The van der Waals surface area contributed by atoms with Crippen molar-refractivity contribution in [2.45, 2.75) is 241 Å². The third kappa shape index (κ3) is 33.2. The second kappa shape index (κ2) is 49.6. The van der Waals surface area contributed by atoms with E-state index in [0.717, 1.165) is 60.1 Å². The number of hydrogen-bond acceptors (Lipinski definition) is 24. The van der Waals surface area contributed by atoms with Gasteiger partial charge in [-0.2, -0.15) is 0 Å². The summed E-state index contributed by atoms with van der Waals surface area (Å²) in [5.41, 5.74) is 17.8. The number of methoxy groups -OCH3 is 1. The molecular formula is C72H109N17O27. The highest BCUT2D eigenvalue weighted by molar-refractivity contribution is 6.02. The molecule has 0 spiro atoms. The second-order valence-corrected chi connectivity index (χ2v) is 27.9. The first kappa shape index (κ1) is 98.2. The number of benzene rings is 1. The van der Waals surface area contributed by atoms with Crippen LogP contribution < -0.4 is 81.0 Å². The van der Waals surface area contributed by atoms with Crippen LogP contribution in [0, 0.1) is 5.92 Å². The topological polar surface area (TPSA) is 702 Å². The fourth-order valence-corrected chi connectivity index (χ4v) is 11.9. The first-order valence-electron chi connectivity index (χ1n) is 37.6. The number of nitrogens with one attached hydrogen (secondary N) is 13. The van der Waals surface area contributed by atoms with Crippen LogP contribution in [-0.2, 0) is 112 Å². The van der Waals surface area contributed by atoms with E-state index in [1.54, 1.807) is 30.5 Å². The molecule has 44 nitrogen and oxygen atoms in total. The molecule has 1 aliphatic rings. The van der Waals surface area contributed by atoms with Gasteiger partial charge in [0.25, 0.3) is 0 Å². The molecule has 24 N–H and O–H groups in total. The number of likely N-dealkylation sites (N-methyl/N-ethyl adjacent to an activating group) is 1. The van der Waals surface area contributed by atoms with E-state index < -0.39 is 261 Å². The average molecular weight is 1640 g/mol. The molecule has 0 aliphatic carbocycles. The summed E-state index contributed by atoms with van der Waals surface area (Å²) in [5.74, 6) is -29.5. The Bertz CT molecular complexity index is 3840. The van der Waals surface area contributed by atoms with Gasteiger partial charge in [-0.1, -0.05) is 83.9 Å². The van der Waals surface area contributed by atoms with Gasteiger partial charge in [-0.05, 0) is 76.5 Å². The SMILES string of the molecule is CCCCCCCCCC(=O)N[C@@H](Cc1c[nH]c2ccccc12)C(=O)N[C@H](CCC(=O)O)C(=O)N[C@H](C(=O)N[C@@H]1C(=O)N(C)CC(=O)N[C@@H](C)C(=O)N[C@@H](CC(=O)O)C(=O)N[C@H](CCCCN)C(=O)N[C@@H]([C@@H](OC)C(=O)O)C(=O)NCC(=O)N[C@H](CC(N)=O)C(=O)N[C@@H](CCC(=O)O)C(=O)N[C@@H]([C@@H](C)CC)C(=O)O[C@@H]1C)[C@@H](O)C(N)=O. The predicted octanol–water partition coefficient (Wildman–Crippen LogP) is -6.08. The van der Waals surface area contributed by atoms with Gasteiger partial charge < -0.3 is 126 Å². The van der Waals surface area contributed by atoms with Crippen molar-refractivity contribution in [3.05, 3.63) is 36.0 Å².